The molecule has 0 bridgehead atoms. The van der Waals surface area contributed by atoms with E-state index < -0.39 is 0 Å². The Balaban J connectivity index is 2.14. The van der Waals surface area contributed by atoms with Gasteiger partial charge in [0, 0.05) is 0 Å². The van der Waals surface area contributed by atoms with E-state index in [4.69, 9.17) is 9.47 Å². The van der Waals surface area contributed by atoms with Crippen molar-refractivity contribution in [3.63, 3.8) is 0 Å². The Morgan fingerprint density at radius 2 is 2.07 bits per heavy atom. The Kier molecular flexibility index (Phi) is 3.29. The Bertz CT molecular complexity index is 226. The lowest BCUT2D eigenvalue weighted by atomic mass is 9.73. The van der Waals surface area contributed by atoms with Gasteiger partial charge in [0.15, 0.2) is 6.79 Å². The van der Waals surface area contributed by atoms with Crippen molar-refractivity contribution in [3.05, 3.63) is 0 Å². The number of ether oxygens (including phenoxy) is 2. The molecule has 86 valence electrons. The molecule has 0 aromatic rings. The molecule has 0 aromatic carbocycles. The second-order valence-electron chi connectivity index (χ2n) is 4.69. The van der Waals surface area contributed by atoms with Crippen LogP contribution in [0.4, 0.5) is 0 Å². The van der Waals surface area contributed by atoms with Gasteiger partial charge in [-0.1, -0.05) is 32.6 Å². The zero-order valence-corrected chi connectivity index (χ0v) is 9.46. The van der Waals surface area contributed by atoms with Crippen molar-refractivity contribution in [2.45, 2.75) is 57.5 Å². The molecule has 2 rings (SSSR count). The number of rotatable bonds is 2. The Morgan fingerprint density at radius 1 is 1.33 bits per heavy atom. The van der Waals surface area contributed by atoms with Crippen molar-refractivity contribution in [3.8, 4) is 0 Å². The molecule has 1 aliphatic heterocycles. The molecule has 2 fully saturated rings. The number of carbonyl (C=O) groups excluding carboxylic acids is 1. The quantitative estimate of drug-likeness (QED) is 0.660. The molecular weight excluding hydrogens is 192 g/mol. The number of cyclic esters (lactones) is 1. The van der Waals surface area contributed by atoms with Crippen molar-refractivity contribution in [2.24, 2.45) is 5.92 Å². The highest BCUT2D eigenvalue weighted by molar-refractivity contribution is 5.74. The van der Waals surface area contributed by atoms with Crippen LogP contribution in [0.15, 0.2) is 0 Å². The van der Waals surface area contributed by atoms with Gasteiger partial charge in [0.1, 0.15) is 0 Å². The van der Waals surface area contributed by atoms with Gasteiger partial charge in [0.2, 0.25) is 0 Å². The van der Waals surface area contributed by atoms with Crippen LogP contribution < -0.4 is 0 Å². The first-order valence-electron chi connectivity index (χ1n) is 6.09. The van der Waals surface area contributed by atoms with E-state index in [1.165, 1.54) is 19.3 Å². The number of carbonyl (C=O) groups is 1. The predicted octanol–water partition coefficient (Wildman–Crippen LogP) is 2.64. The first-order valence-corrected chi connectivity index (χ1v) is 6.09. The van der Waals surface area contributed by atoms with Gasteiger partial charge in [-0.2, -0.15) is 0 Å². The maximum Gasteiger partial charge on any atom is 0.313 e. The average Bonchev–Trinajstić information content (AvgIpc) is 2.25. The summed E-state index contributed by atoms with van der Waals surface area (Å²) in [4.78, 5) is 11.8. The maximum absolute atomic E-state index is 11.8. The summed E-state index contributed by atoms with van der Waals surface area (Å²) in [7, 11) is 0. The summed E-state index contributed by atoms with van der Waals surface area (Å²) in [5.74, 6) is -0.0541. The molecule has 15 heavy (non-hydrogen) atoms. The zero-order valence-electron chi connectivity index (χ0n) is 9.46. The molecule has 1 saturated heterocycles. The van der Waals surface area contributed by atoms with Crippen molar-refractivity contribution in [1.29, 1.82) is 0 Å². The third-order valence-electron chi connectivity index (χ3n) is 3.74. The van der Waals surface area contributed by atoms with Crippen LogP contribution in [0, 0.1) is 5.92 Å². The molecule has 1 saturated carbocycles. The lowest BCUT2D eigenvalue weighted by Gasteiger charge is -2.44. The minimum Gasteiger partial charge on any atom is -0.438 e. The van der Waals surface area contributed by atoms with E-state index in [2.05, 4.69) is 6.92 Å². The van der Waals surface area contributed by atoms with Crippen molar-refractivity contribution < 1.29 is 14.3 Å². The fourth-order valence-electron chi connectivity index (χ4n) is 2.93. The summed E-state index contributed by atoms with van der Waals surface area (Å²) in [5.41, 5.74) is -0.177. The van der Waals surface area contributed by atoms with Crippen LogP contribution in [-0.2, 0) is 14.3 Å². The Labute approximate surface area is 91.1 Å². The van der Waals surface area contributed by atoms with Gasteiger partial charge in [-0.25, -0.2) is 0 Å². The molecule has 0 amide bonds. The smallest absolute Gasteiger partial charge is 0.313 e. The highest BCUT2D eigenvalue weighted by atomic mass is 16.7. The zero-order chi connectivity index (χ0) is 10.7. The third kappa shape index (κ3) is 2.03. The Morgan fingerprint density at radius 3 is 2.73 bits per heavy atom. The molecule has 3 heteroatoms. The summed E-state index contributed by atoms with van der Waals surface area (Å²) in [6.07, 6.45) is 7.64. The second kappa shape index (κ2) is 4.52. The first kappa shape index (κ1) is 10.9. The van der Waals surface area contributed by atoms with Gasteiger partial charge in [-0.05, 0) is 19.3 Å². The van der Waals surface area contributed by atoms with Gasteiger partial charge < -0.3 is 9.47 Å². The van der Waals surface area contributed by atoms with Gasteiger partial charge in [-0.3, -0.25) is 4.79 Å². The van der Waals surface area contributed by atoms with Crippen LogP contribution in [0.5, 0.6) is 0 Å². The van der Waals surface area contributed by atoms with E-state index in [1.54, 1.807) is 0 Å². The van der Waals surface area contributed by atoms with E-state index in [-0.39, 0.29) is 24.3 Å². The molecule has 0 radical (unpaired) electrons. The largest absolute Gasteiger partial charge is 0.438 e. The molecule has 1 spiro atoms. The molecule has 1 heterocycles. The van der Waals surface area contributed by atoms with Crippen LogP contribution in [0.1, 0.15) is 51.9 Å². The van der Waals surface area contributed by atoms with E-state index in [0.717, 1.165) is 25.7 Å². The lowest BCUT2D eigenvalue weighted by molar-refractivity contribution is -0.231. The standard InChI is InChI=1S/C12H20O3/c1-2-6-10-11(13)14-9-15-12(10)7-4-3-5-8-12/h10H,2-9H2,1H3. The van der Waals surface area contributed by atoms with Crippen molar-refractivity contribution >= 4 is 5.97 Å². The SMILES string of the molecule is CCCC1C(=O)OCOC12CCCCC2. The van der Waals surface area contributed by atoms with Crippen molar-refractivity contribution in [1.82, 2.24) is 0 Å². The summed E-state index contributed by atoms with van der Waals surface area (Å²) in [6, 6.07) is 0. The van der Waals surface area contributed by atoms with Crippen LogP contribution in [0.2, 0.25) is 0 Å². The minimum absolute atomic E-state index is 0.0171. The second-order valence-corrected chi connectivity index (χ2v) is 4.69. The van der Waals surface area contributed by atoms with Crippen molar-refractivity contribution in [2.75, 3.05) is 6.79 Å². The summed E-state index contributed by atoms with van der Waals surface area (Å²) < 4.78 is 10.8. The van der Waals surface area contributed by atoms with E-state index in [9.17, 15) is 4.79 Å². The maximum atomic E-state index is 11.8. The predicted molar refractivity (Wildman–Crippen MR) is 56.3 cm³/mol. The monoisotopic (exact) mass is 212 g/mol. The fourth-order valence-corrected chi connectivity index (χ4v) is 2.93. The van der Waals surface area contributed by atoms with E-state index in [0.29, 0.717) is 0 Å². The van der Waals surface area contributed by atoms with Gasteiger partial charge in [0.05, 0.1) is 11.5 Å². The highest BCUT2D eigenvalue weighted by Crippen LogP contribution is 2.42. The molecule has 3 nitrogen and oxygen atoms in total. The first-order chi connectivity index (χ1) is 7.28. The minimum atomic E-state index is -0.177. The highest BCUT2D eigenvalue weighted by Gasteiger charge is 2.47. The summed E-state index contributed by atoms with van der Waals surface area (Å²) in [5, 5.41) is 0. The normalized spacial score (nSPS) is 30.2. The molecule has 2 aliphatic rings. The number of esters is 1. The molecule has 0 N–H and O–H groups in total. The molecule has 1 unspecified atom stereocenters. The molecular formula is C12H20O3. The topological polar surface area (TPSA) is 35.5 Å². The summed E-state index contributed by atoms with van der Waals surface area (Å²) in [6.45, 7) is 2.28. The lowest BCUT2D eigenvalue weighted by Crippen LogP contribution is -2.51. The number of hydrogen-bond acceptors (Lipinski definition) is 3. The third-order valence-corrected chi connectivity index (χ3v) is 3.74. The molecule has 1 atom stereocenters. The van der Waals surface area contributed by atoms with Gasteiger partial charge in [-0.15, -0.1) is 0 Å². The number of hydrogen-bond donors (Lipinski definition) is 0. The van der Waals surface area contributed by atoms with Crippen LogP contribution >= 0.6 is 0 Å². The van der Waals surface area contributed by atoms with E-state index >= 15 is 0 Å². The van der Waals surface area contributed by atoms with Crippen LogP contribution in [0.3, 0.4) is 0 Å². The average molecular weight is 212 g/mol. The molecule has 1 aliphatic carbocycles. The Hall–Kier alpha value is -0.570. The van der Waals surface area contributed by atoms with Gasteiger partial charge in [0.25, 0.3) is 0 Å². The fraction of sp³-hybridized carbons (Fsp3) is 0.917. The van der Waals surface area contributed by atoms with Gasteiger partial charge >= 0.3 is 5.97 Å². The van der Waals surface area contributed by atoms with E-state index in [1.807, 2.05) is 0 Å². The van der Waals surface area contributed by atoms with Crippen LogP contribution in [-0.4, -0.2) is 18.4 Å². The van der Waals surface area contributed by atoms with Crippen LogP contribution in [0.25, 0.3) is 0 Å². The summed E-state index contributed by atoms with van der Waals surface area (Å²) >= 11 is 0. The molecule has 0 aromatic heterocycles.